The molecule has 1 N–H and O–H groups in total. The average molecular weight is 290 g/mol. The smallest absolute Gasteiger partial charge is 0.317 e. The van der Waals surface area contributed by atoms with Crippen LogP contribution in [0.25, 0.3) is 0 Å². The van der Waals surface area contributed by atoms with E-state index in [1.807, 2.05) is 32.2 Å². The van der Waals surface area contributed by atoms with Crippen LogP contribution >= 0.6 is 0 Å². The van der Waals surface area contributed by atoms with Crippen molar-refractivity contribution < 1.29 is 9.53 Å². The molecule has 0 unspecified atom stereocenters. The Morgan fingerprint density at radius 3 is 2.81 bits per heavy atom. The second-order valence-corrected chi connectivity index (χ2v) is 5.79. The number of ether oxygens (including phenoxy) is 1. The van der Waals surface area contributed by atoms with Crippen LogP contribution in [0.5, 0.6) is 0 Å². The van der Waals surface area contributed by atoms with Gasteiger partial charge in [0, 0.05) is 26.7 Å². The molecule has 1 fully saturated rings. The third-order valence-corrected chi connectivity index (χ3v) is 4.01. The first-order valence-corrected chi connectivity index (χ1v) is 7.83. The Bertz CT molecular complexity index is 458. The zero-order valence-electron chi connectivity index (χ0n) is 13.1. The van der Waals surface area contributed by atoms with E-state index in [1.54, 1.807) is 4.90 Å². The van der Waals surface area contributed by atoms with E-state index in [-0.39, 0.29) is 6.03 Å². The highest BCUT2D eigenvalue weighted by molar-refractivity contribution is 5.73. The van der Waals surface area contributed by atoms with Gasteiger partial charge in [-0.3, -0.25) is 0 Å². The number of carbonyl (C=O) groups excluding carboxylic acids is 1. The maximum absolute atomic E-state index is 12.0. The van der Waals surface area contributed by atoms with Crippen LogP contribution in [0.15, 0.2) is 24.3 Å². The first-order valence-electron chi connectivity index (χ1n) is 7.83. The minimum atomic E-state index is 0.0112. The molecule has 1 aliphatic carbocycles. The molecule has 116 valence electrons. The maximum Gasteiger partial charge on any atom is 0.317 e. The lowest BCUT2D eigenvalue weighted by Gasteiger charge is -2.30. The Hall–Kier alpha value is -1.55. The van der Waals surface area contributed by atoms with Gasteiger partial charge in [-0.15, -0.1) is 0 Å². The largest absolute Gasteiger partial charge is 0.377 e. The van der Waals surface area contributed by atoms with Gasteiger partial charge >= 0.3 is 6.03 Å². The van der Waals surface area contributed by atoms with E-state index in [1.165, 1.54) is 19.3 Å². The standard InChI is InChI=1S/C17H26N2O2/c1-3-21-13-16-9-5-8-15(10-16)11-18-17(20)19(2)12-14-6-4-7-14/h5,8-10,14H,3-4,6-7,11-13H2,1-2H3,(H,18,20). The van der Waals surface area contributed by atoms with Crippen molar-refractivity contribution in [3.63, 3.8) is 0 Å². The van der Waals surface area contributed by atoms with Crippen LogP contribution in [0, 0.1) is 5.92 Å². The molecular formula is C17H26N2O2. The summed E-state index contributed by atoms with van der Waals surface area (Å²) >= 11 is 0. The predicted octanol–water partition coefficient (Wildman–Crippen LogP) is 3.16. The highest BCUT2D eigenvalue weighted by Crippen LogP contribution is 2.26. The average Bonchev–Trinajstić information content (AvgIpc) is 2.46. The van der Waals surface area contributed by atoms with E-state index in [0.29, 0.717) is 25.7 Å². The van der Waals surface area contributed by atoms with Gasteiger partial charge in [-0.05, 0) is 36.8 Å². The monoisotopic (exact) mass is 290 g/mol. The quantitative estimate of drug-likeness (QED) is 0.838. The topological polar surface area (TPSA) is 41.6 Å². The molecule has 0 saturated heterocycles. The first-order chi connectivity index (χ1) is 10.2. The van der Waals surface area contributed by atoms with Crippen molar-refractivity contribution in [3.8, 4) is 0 Å². The van der Waals surface area contributed by atoms with Gasteiger partial charge < -0.3 is 15.0 Å². The van der Waals surface area contributed by atoms with E-state index in [4.69, 9.17) is 4.74 Å². The van der Waals surface area contributed by atoms with Gasteiger partial charge in [-0.2, -0.15) is 0 Å². The van der Waals surface area contributed by atoms with Crippen LogP contribution < -0.4 is 5.32 Å². The summed E-state index contributed by atoms with van der Waals surface area (Å²) < 4.78 is 5.41. The van der Waals surface area contributed by atoms with Crippen LogP contribution in [0.4, 0.5) is 4.79 Å². The molecule has 0 aliphatic heterocycles. The minimum absolute atomic E-state index is 0.0112. The summed E-state index contributed by atoms with van der Waals surface area (Å²) in [5.41, 5.74) is 2.25. The van der Waals surface area contributed by atoms with Gasteiger partial charge in [0.1, 0.15) is 0 Å². The van der Waals surface area contributed by atoms with Crippen molar-refractivity contribution in [2.24, 2.45) is 5.92 Å². The minimum Gasteiger partial charge on any atom is -0.377 e. The summed E-state index contributed by atoms with van der Waals surface area (Å²) in [6.45, 7) is 4.76. The molecule has 0 aromatic heterocycles. The lowest BCUT2D eigenvalue weighted by Crippen LogP contribution is -2.40. The zero-order valence-corrected chi connectivity index (χ0v) is 13.1. The highest BCUT2D eigenvalue weighted by Gasteiger charge is 2.21. The summed E-state index contributed by atoms with van der Waals surface area (Å²) in [6, 6.07) is 8.18. The van der Waals surface area contributed by atoms with E-state index in [0.717, 1.165) is 17.7 Å². The van der Waals surface area contributed by atoms with Gasteiger partial charge in [0.05, 0.1) is 6.61 Å². The van der Waals surface area contributed by atoms with Crippen LogP contribution in [0.2, 0.25) is 0 Å². The highest BCUT2D eigenvalue weighted by atomic mass is 16.5. The number of nitrogens with one attached hydrogen (secondary N) is 1. The number of hydrogen-bond donors (Lipinski definition) is 1. The molecule has 0 bridgehead atoms. The first kappa shape index (κ1) is 15.8. The number of hydrogen-bond acceptors (Lipinski definition) is 2. The third kappa shape index (κ3) is 5.05. The third-order valence-electron chi connectivity index (χ3n) is 4.01. The summed E-state index contributed by atoms with van der Waals surface area (Å²) in [5, 5.41) is 2.98. The van der Waals surface area contributed by atoms with E-state index >= 15 is 0 Å². The normalized spacial score (nSPS) is 14.6. The Kier molecular flexibility index (Phi) is 6.05. The van der Waals surface area contributed by atoms with E-state index in [9.17, 15) is 4.79 Å². The summed E-state index contributed by atoms with van der Waals surface area (Å²) in [5.74, 6) is 0.704. The molecule has 4 nitrogen and oxygen atoms in total. The van der Waals surface area contributed by atoms with Gasteiger partial charge in [-0.25, -0.2) is 4.79 Å². The molecule has 4 heteroatoms. The summed E-state index contributed by atoms with van der Waals surface area (Å²) in [4.78, 5) is 13.8. The molecule has 21 heavy (non-hydrogen) atoms. The fourth-order valence-electron chi connectivity index (χ4n) is 2.51. The van der Waals surface area contributed by atoms with Gasteiger partial charge in [0.2, 0.25) is 0 Å². The molecule has 1 aromatic carbocycles. The fourth-order valence-corrected chi connectivity index (χ4v) is 2.51. The van der Waals surface area contributed by atoms with Crippen molar-refractivity contribution in [2.45, 2.75) is 39.3 Å². The molecule has 0 heterocycles. The number of rotatable bonds is 7. The maximum atomic E-state index is 12.0. The molecule has 2 rings (SSSR count). The van der Waals surface area contributed by atoms with Gasteiger partial charge in [0.15, 0.2) is 0 Å². The van der Waals surface area contributed by atoms with Crippen LogP contribution in [-0.4, -0.2) is 31.1 Å². The number of nitrogens with zero attached hydrogens (tertiary/aromatic N) is 1. The molecule has 0 atom stereocenters. The molecular weight excluding hydrogens is 264 g/mol. The second-order valence-electron chi connectivity index (χ2n) is 5.79. The Labute approximate surface area is 127 Å². The van der Waals surface area contributed by atoms with Gasteiger partial charge in [-0.1, -0.05) is 30.7 Å². The van der Waals surface area contributed by atoms with Crippen LogP contribution in [-0.2, 0) is 17.9 Å². The van der Waals surface area contributed by atoms with Crippen molar-refractivity contribution in [1.29, 1.82) is 0 Å². The molecule has 2 amide bonds. The number of carbonyl (C=O) groups is 1. The SMILES string of the molecule is CCOCc1cccc(CNC(=O)N(C)CC2CCC2)c1. The Morgan fingerprint density at radius 2 is 2.14 bits per heavy atom. The van der Waals surface area contributed by atoms with Crippen LogP contribution in [0.1, 0.15) is 37.3 Å². The Balaban J connectivity index is 1.77. The Morgan fingerprint density at radius 1 is 1.38 bits per heavy atom. The predicted molar refractivity (Wildman–Crippen MR) is 84.0 cm³/mol. The molecule has 0 spiro atoms. The van der Waals surface area contributed by atoms with Crippen molar-refractivity contribution in [3.05, 3.63) is 35.4 Å². The fraction of sp³-hybridized carbons (Fsp3) is 0.588. The second kappa shape index (κ2) is 8.03. The van der Waals surface area contributed by atoms with Crippen molar-refractivity contribution >= 4 is 6.03 Å². The van der Waals surface area contributed by atoms with E-state index in [2.05, 4.69) is 11.4 Å². The van der Waals surface area contributed by atoms with Crippen molar-refractivity contribution in [1.82, 2.24) is 10.2 Å². The van der Waals surface area contributed by atoms with Crippen molar-refractivity contribution in [2.75, 3.05) is 20.2 Å². The summed E-state index contributed by atoms with van der Waals surface area (Å²) in [7, 11) is 1.87. The molecule has 1 aliphatic rings. The lowest BCUT2D eigenvalue weighted by atomic mass is 9.85. The lowest BCUT2D eigenvalue weighted by molar-refractivity contribution is 0.134. The molecule has 0 radical (unpaired) electrons. The number of benzene rings is 1. The van der Waals surface area contributed by atoms with Crippen LogP contribution in [0.3, 0.4) is 0 Å². The van der Waals surface area contributed by atoms with Gasteiger partial charge in [0.25, 0.3) is 0 Å². The molecule has 1 aromatic rings. The molecule has 1 saturated carbocycles. The summed E-state index contributed by atoms with van der Waals surface area (Å²) in [6.07, 6.45) is 3.83. The number of amides is 2. The van der Waals surface area contributed by atoms with E-state index < -0.39 is 0 Å². The number of urea groups is 1. The zero-order chi connectivity index (χ0) is 15.1.